The number of hydrogen-bond acceptors (Lipinski definition) is 3. The van der Waals surface area contributed by atoms with Crippen LogP contribution in [0.15, 0.2) is 5.16 Å². The summed E-state index contributed by atoms with van der Waals surface area (Å²) in [6.45, 7) is 6.74. The van der Waals surface area contributed by atoms with E-state index < -0.39 is 0 Å². The fourth-order valence-electron chi connectivity index (χ4n) is 2.51. The quantitative estimate of drug-likeness (QED) is 0.297. The van der Waals surface area contributed by atoms with Gasteiger partial charge in [-0.15, -0.1) is 0 Å². The van der Waals surface area contributed by atoms with Gasteiger partial charge in [-0.3, -0.25) is 0 Å². The number of oxime groups is 1. The third kappa shape index (κ3) is 4.00. The molecule has 0 heterocycles. The Morgan fingerprint density at radius 2 is 2.12 bits per heavy atom. The molecule has 1 fully saturated rings. The second-order valence-electron chi connectivity index (χ2n) is 5.33. The van der Waals surface area contributed by atoms with Crippen molar-refractivity contribution in [2.45, 2.75) is 58.5 Å². The summed E-state index contributed by atoms with van der Waals surface area (Å²) >= 11 is 0. The van der Waals surface area contributed by atoms with Crippen LogP contribution in [0.1, 0.15) is 46.5 Å². The van der Waals surface area contributed by atoms with Crippen molar-refractivity contribution in [3.63, 3.8) is 0 Å². The summed E-state index contributed by atoms with van der Waals surface area (Å²) in [5.41, 5.74) is 5.49. The average Bonchev–Trinajstić information content (AvgIpc) is 2.23. The molecule has 1 rings (SSSR count). The largest absolute Gasteiger partial charge is 0.409 e. The fraction of sp³-hybridized carbons (Fsp3) is 0.917. The topological polar surface area (TPSA) is 70.6 Å². The van der Waals surface area contributed by atoms with Crippen molar-refractivity contribution in [3.05, 3.63) is 0 Å². The summed E-state index contributed by atoms with van der Waals surface area (Å²) in [5, 5.41) is 15.1. The molecule has 0 aromatic heterocycles. The fourth-order valence-corrected chi connectivity index (χ4v) is 2.51. The van der Waals surface area contributed by atoms with Crippen molar-refractivity contribution < 1.29 is 5.21 Å². The van der Waals surface area contributed by atoms with Gasteiger partial charge in [0.05, 0.1) is 0 Å². The summed E-state index contributed by atoms with van der Waals surface area (Å²) in [6, 6.07) is 0.870. The zero-order valence-electron chi connectivity index (χ0n) is 10.6. The molecule has 94 valence electrons. The van der Waals surface area contributed by atoms with Gasteiger partial charge in [0.25, 0.3) is 0 Å². The zero-order valence-corrected chi connectivity index (χ0v) is 10.6. The van der Waals surface area contributed by atoms with E-state index in [2.05, 4.69) is 31.2 Å². The zero-order chi connectivity index (χ0) is 12.1. The van der Waals surface area contributed by atoms with Crippen LogP contribution in [0.5, 0.6) is 0 Å². The van der Waals surface area contributed by atoms with Crippen molar-refractivity contribution in [2.75, 3.05) is 0 Å². The molecule has 1 aliphatic rings. The highest BCUT2D eigenvalue weighted by Gasteiger charge is 2.25. The van der Waals surface area contributed by atoms with Crippen molar-refractivity contribution in [1.29, 1.82) is 0 Å². The molecule has 4 atom stereocenters. The van der Waals surface area contributed by atoms with Gasteiger partial charge in [0.2, 0.25) is 0 Å². The second kappa shape index (κ2) is 6.09. The molecule has 0 aliphatic heterocycles. The van der Waals surface area contributed by atoms with Crippen molar-refractivity contribution in [2.24, 2.45) is 22.7 Å². The van der Waals surface area contributed by atoms with E-state index in [-0.39, 0.29) is 6.04 Å². The van der Waals surface area contributed by atoms with Gasteiger partial charge in [-0.2, -0.15) is 0 Å². The van der Waals surface area contributed by atoms with Gasteiger partial charge >= 0.3 is 0 Å². The van der Waals surface area contributed by atoms with Crippen molar-refractivity contribution in [1.82, 2.24) is 5.32 Å². The average molecular weight is 227 g/mol. The van der Waals surface area contributed by atoms with Gasteiger partial charge in [-0.05, 0) is 38.0 Å². The summed E-state index contributed by atoms with van der Waals surface area (Å²) < 4.78 is 0. The van der Waals surface area contributed by atoms with E-state index in [0.29, 0.717) is 18.3 Å². The molecular weight excluding hydrogens is 202 g/mol. The highest BCUT2D eigenvalue weighted by atomic mass is 16.4. The molecule has 0 amide bonds. The molecule has 0 spiro atoms. The van der Waals surface area contributed by atoms with E-state index in [1.807, 2.05) is 0 Å². The smallest absolute Gasteiger partial charge is 0.140 e. The minimum absolute atomic E-state index is 0.279. The summed E-state index contributed by atoms with van der Waals surface area (Å²) in [7, 11) is 0. The highest BCUT2D eigenvalue weighted by molar-refractivity contribution is 5.80. The molecule has 1 aliphatic carbocycles. The molecule has 0 saturated heterocycles. The number of hydrogen-bond donors (Lipinski definition) is 3. The Labute approximate surface area is 98.3 Å². The molecule has 4 heteroatoms. The molecule has 4 N–H and O–H groups in total. The van der Waals surface area contributed by atoms with Crippen molar-refractivity contribution >= 4 is 5.84 Å². The molecular formula is C12H25N3O. The minimum Gasteiger partial charge on any atom is -0.409 e. The molecule has 4 unspecified atom stereocenters. The number of amidine groups is 1. The maximum absolute atomic E-state index is 8.50. The van der Waals surface area contributed by atoms with Gasteiger partial charge < -0.3 is 16.3 Å². The first-order valence-corrected chi connectivity index (χ1v) is 6.25. The Kier molecular flexibility index (Phi) is 5.06. The van der Waals surface area contributed by atoms with E-state index in [0.717, 1.165) is 11.8 Å². The van der Waals surface area contributed by atoms with Crippen LogP contribution in [0.4, 0.5) is 0 Å². The van der Waals surface area contributed by atoms with Crippen LogP contribution in [0, 0.1) is 11.8 Å². The first-order valence-electron chi connectivity index (χ1n) is 6.25. The number of rotatable bonds is 4. The van der Waals surface area contributed by atoms with Gasteiger partial charge in [0.15, 0.2) is 0 Å². The van der Waals surface area contributed by atoms with Crippen LogP contribution >= 0.6 is 0 Å². The molecule has 16 heavy (non-hydrogen) atoms. The molecule has 4 nitrogen and oxygen atoms in total. The van der Waals surface area contributed by atoms with E-state index in [1.165, 1.54) is 19.3 Å². The Hall–Kier alpha value is -0.770. The number of nitrogens with one attached hydrogen (secondary N) is 1. The van der Waals surface area contributed by atoms with E-state index in [4.69, 9.17) is 10.9 Å². The van der Waals surface area contributed by atoms with Crippen molar-refractivity contribution in [3.8, 4) is 0 Å². The van der Waals surface area contributed by atoms with Crippen LogP contribution in [-0.2, 0) is 0 Å². The van der Waals surface area contributed by atoms with Gasteiger partial charge in [-0.1, -0.05) is 19.0 Å². The van der Waals surface area contributed by atoms with Crippen LogP contribution < -0.4 is 11.1 Å². The van der Waals surface area contributed by atoms with E-state index >= 15 is 0 Å². The highest BCUT2D eigenvalue weighted by Crippen LogP contribution is 2.29. The van der Waals surface area contributed by atoms with Gasteiger partial charge in [0, 0.05) is 18.5 Å². The number of nitrogens with zero attached hydrogens (tertiary/aromatic N) is 1. The van der Waals surface area contributed by atoms with Crippen LogP contribution in [0.3, 0.4) is 0 Å². The lowest BCUT2D eigenvalue weighted by atomic mass is 9.79. The summed E-state index contributed by atoms with van der Waals surface area (Å²) in [6.07, 6.45) is 4.39. The van der Waals surface area contributed by atoms with Crippen LogP contribution in [-0.4, -0.2) is 23.1 Å². The Bertz CT molecular complexity index is 242. The Balaban J connectivity index is 2.32. The van der Waals surface area contributed by atoms with E-state index in [9.17, 15) is 0 Å². The SMILES string of the molecule is CC(CC(N)=NO)NC1CCC(C)C(C)C1. The first-order chi connectivity index (χ1) is 7.52. The summed E-state index contributed by atoms with van der Waals surface area (Å²) in [5.74, 6) is 1.94. The third-order valence-electron chi connectivity index (χ3n) is 3.76. The second-order valence-corrected chi connectivity index (χ2v) is 5.33. The lowest BCUT2D eigenvalue weighted by Gasteiger charge is -2.34. The Morgan fingerprint density at radius 3 is 2.69 bits per heavy atom. The maximum Gasteiger partial charge on any atom is 0.140 e. The Morgan fingerprint density at radius 1 is 1.44 bits per heavy atom. The normalized spacial score (nSPS) is 33.7. The molecule has 0 radical (unpaired) electrons. The third-order valence-corrected chi connectivity index (χ3v) is 3.76. The van der Waals surface area contributed by atoms with E-state index in [1.54, 1.807) is 0 Å². The summed E-state index contributed by atoms with van der Waals surface area (Å²) in [4.78, 5) is 0. The van der Waals surface area contributed by atoms with Gasteiger partial charge in [0.1, 0.15) is 5.84 Å². The molecule has 0 aromatic rings. The predicted octanol–water partition coefficient (Wildman–Crippen LogP) is 1.93. The van der Waals surface area contributed by atoms with Crippen LogP contribution in [0.25, 0.3) is 0 Å². The first kappa shape index (κ1) is 13.3. The van der Waals surface area contributed by atoms with Gasteiger partial charge in [-0.25, -0.2) is 0 Å². The number of nitrogens with two attached hydrogens (primary N) is 1. The molecule has 0 bridgehead atoms. The predicted molar refractivity (Wildman–Crippen MR) is 66.6 cm³/mol. The lowest BCUT2D eigenvalue weighted by Crippen LogP contribution is -2.42. The molecule has 0 aromatic carbocycles. The monoisotopic (exact) mass is 227 g/mol. The maximum atomic E-state index is 8.50. The minimum atomic E-state index is 0.279. The standard InChI is InChI=1S/C12H25N3O/c1-8-4-5-11(6-9(8)2)14-10(3)7-12(13)15-16/h8-11,14,16H,4-7H2,1-3H3,(H2,13,15). The lowest BCUT2D eigenvalue weighted by molar-refractivity contribution is 0.217. The molecule has 1 saturated carbocycles. The van der Waals surface area contributed by atoms with Crippen LogP contribution in [0.2, 0.25) is 0 Å².